The predicted octanol–water partition coefficient (Wildman–Crippen LogP) is 1.47. The summed E-state index contributed by atoms with van der Waals surface area (Å²) in [6.45, 7) is 8.78. The molecule has 1 amide bonds. The van der Waals surface area contributed by atoms with Gasteiger partial charge in [0.05, 0.1) is 6.04 Å². The molecule has 0 aromatic heterocycles. The first-order chi connectivity index (χ1) is 5.68. The van der Waals surface area contributed by atoms with Gasteiger partial charge in [0.2, 0.25) is 5.91 Å². The summed E-state index contributed by atoms with van der Waals surface area (Å²) in [5.41, 5.74) is -0.418. The van der Waals surface area contributed by atoms with Crippen LogP contribution in [-0.4, -0.2) is 29.7 Å². The zero-order chi connectivity index (χ0) is 10.8. The fourth-order valence-electron chi connectivity index (χ4n) is 0.978. The Morgan fingerprint density at radius 1 is 1.23 bits per heavy atom. The van der Waals surface area contributed by atoms with Crippen molar-refractivity contribution in [2.45, 2.75) is 40.7 Å². The van der Waals surface area contributed by atoms with Crippen molar-refractivity contribution in [1.82, 2.24) is 4.90 Å². The highest BCUT2D eigenvalue weighted by Crippen LogP contribution is 2.17. The van der Waals surface area contributed by atoms with Gasteiger partial charge in [-0.05, 0) is 13.8 Å². The van der Waals surface area contributed by atoms with E-state index in [-0.39, 0.29) is 17.7 Å². The van der Waals surface area contributed by atoms with Crippen LogP contribution in [0, 0.1) is 5.41 Å². The van der Waals surface area contributed by atoms with E-state index in [9.17, 15) is 9.59 Å². The minimum Gasteiger partial charge on any atom is -0.336 e. The number of Topliss-reactive ketones (excluding diaryl/α,β-unsaturated/α-hetero) is 1. The fraction of sp³-hybridized carbons (Fsp3) is 0.800. The van der Waals surface area contributed by atoms with E-state index in [0.29, 0.717) is 0 Å². The normalized spacial score (nSPS) is 13.7. The third-order valence-electron chi connectivity index (χ3n) is 2.13. The van der Waals surface area contributed by atoms with Crippen molar-refractivity contribution in [2.75, 3.05) is 7.05 Å². The van der Waals surface area contributed by atoms with Gasteiger partial charge in [0.25, 0.3) is 0 Å². The second-order valence-corrected chi connectivity index (χ2v) is 4.45. The van der Waals surface area contributed by atoms with Crippen LogP contribution >= 0.6 is 0 Å². The van der Waals surface area contributed by atoms with E-state index in [2.05, 4.69) is 0 Å². The molecule has 0 rings (SSSR count). The number of amides is 1. The number of carbonyl (C=O) groups is 2. The van der Waals surface area contributed by atoms with E-state index in [1.165, 1.54) is 11.8 Å². The highest BCUT2D eigenvalue weighted by Gasteiger charge is 2.28. The molecular formula is C10H19NO2. The molecule has 0 aliphatic rings. The third-order valence-corrected chi connectivity index (χ3v) is 2.13. The van der Waals surface area contributed by atoms with Crippen molar-refractivity contribution in [3.8, 4) is 0 Å². The first-order valence-corrected chi connectivity index (χ1v) is 4.45. The van der Waals surface area contributed by atoms with Crippen LogP contribution in [-0.2, 0) is 9.59 Å². The third kappa shape index (κ3) is 3.17. The van der Waals surface area contributed by atoms with Gasteiger partial charge in [-0.3, -0.25) is 9.59 Å². The van der Waals surface area contributed by atoms with Gasteiger partial charge < -0.3 is 4.90 Å². The lowest BCUT2D eigenvalue weighted by molar-refractivity contribution is -0.143. The molecule has 0 aliphatic carbocycles. The predicted molar refractivity (Wildman–Crippen MR) is 52.4 cm³/mol. The SMILES string of the molecule is CC(=O)C(C)N(C)C(=O)C(C)(C)C. The minimum atomic E-state index is -0.418. The van der Waals surface area contributed by atoms with Gasteiger partial charge in [0.15, 0.2) is 5.78 Å². The van der Waals surface area contributed by atoms with Crippen molar-refractivity contribution in [2.24, 2.45) is 5.41 Å². The van der Waals surface area contributed by atoms with E-state index in [1.54, 1.807) is 14.0 Å². The van der Waals surface area contributed by atoms with Gasteiger partial charge in [-0.1, -0.05) is 20.8 Å². The molecule has 1 atom stereocenters. The van der Waals surface area contributed by atoms with E-state index < -0.39 is 5.41 Å². The van der Waals surface area contributed by atoms with Crippen LogP contribution in [0.2, 0.25) is 0 Å². The fourth-order valence-corrected chi connectivity index (χ4v) is 0.978. The Morgan fingerprint density at radius 3 is 1.85 bits per heavy atom. The zero-order valence-corrected chi connectivity index (χ0v) is 9.34. The van der Waals surface area contributed by atoms with Crippen LogP contribution in [0.3, 0.4) is 0 Å². The second-order valence-electron chi connectivity index (χ2n) is 4.45. The summed E-state index contributed by atoms with van der Waals surface area (Å²) in [6.07, 6.45) is 0. The number of hydrogen-bond donors (Lipinski definition) is 0. The van der Waals surface area contributed by atoms with Crippen LogP contribution in [0.4, 0.5) is 0 Å². The molecule has 0 spiro atoms. The molecule has 13 heavy (non-hydrogen) atoms. The molecule has 0 aliphatic heterocycles. The van der Waals surface area contributed by atoms with Gasteiger partial charge in [-0.15, -0.1) is 0 Å². The maximum Gasteiger partial charge on any atom is 0.228 e. The molecule has 0 radical (unpaired) electrons. The molecule has 0 saturated carbocycles. The molecule has 0 aromatic rings. The molecule has 76 valence electrons. The van der Waals surface area contributed by atoms with Crippen LogP contribution in [0.5, 0.6) is 0 Å². The molecule has 1 unspecified atom stereocenters. The van der Waals surface area contributed by atoms with Gasteiger partial charge in [-0.2, -0.15) is 0 Å². The average molecular weight is 185 g/mol. The van der Waals surface area contributed by atoms with Crippen molar-refractivity contribution in [3.63, 3.8) is 0 Å². The number of rotatable bonds is 2. The summed E-state index contributed by atoms with van der Waals surface area (Å²) in [5, 5.41) is 0. The van der Waals surface area contributed by atoms with Crippen molar-refractivity contribution in [1.29, 1.82) is 0 Å². The summed E-state index contributed by atoms with van der Waals surface area (Å²) < 4.78 is 0. The molecule has 0 N–H and O–H groups in total. The largest absolute Gasteiger partial charge is 0.336 e. The molecule has 3 nitrogen and oxygen atoms in total. The first-order valence-electron chi connectivity index (χ1n) is 4.45. The second kappa shape index (κ2) is 3.90. The number of nitrogens with zero attached hydrogens (tertiary/aromatic N) is 1. The Kier molecular flexibility index (Phi) is 3.64. The maximum absolute atomic E-state index is 11.7. The quantitative estimate of drug-likeness (QED) is 0.653. The molecule has 3 heteroatoms. The van der Waals surface area contributed by atoms with Gasteiger partial charge >= 0.3 is 0 Å². The lowest BCUT2D eigenvalue weighted by atomic mass is 9.94. The lowest BCUT2D eigenvalue weighted by Gasteiger charge is -2.29. The van der Waals surface area contributed by atoms with Crippen molar-refractivity contribution < 1.29 is 9.59 Å². The maximum atomic E-state index is 11.7. The minimum absolute atomic E-state index is 0.00444. The van der Waals surface area contributed by atoms with Crippen LogP contribution in [0.15, 0.2) is 0 Å². The lowest BCUT2D eigenvalue weighted by Crippen LogP contribution is -2.44. The van der Waals surface area contributed by atoms with Gasteiger partial charge in [-0.25, -0.2) is 0 Å². The van der Waals surface area contributed by atoms with Crippen LogP contribution < -0.4 is 0 Å². The molecule has 0 aromatic carbocycles. The Balaban J connectivity index is 4.53. The van der Waals surface area contributed by atoms with E-state index in [1.807, 2.05) is 20.8 Å². The molecular weight excluding hydrogens is 166 g/mol. The van der Waals surface area contributed by atoms with E-state index in [4.69, 9.17) is 0 Å². The topological polar surface area (TPSA) is 37.4 Å². The smallest absolute Gasteiger partial charge is 0.228 e. The standard InChI is InChI=1S/C10H19NO2/c1-7(8(2)12)11(6)9(13)10(3,4)5/h7H,1-6H3. The Bertz CT molecular complexity index is 215. The number of ketones is 1. The van der Waals surface area contributed by atoms with Crippen LogP contribution in [0.1, 0.15) is 34.6 Å². The van der Waals surface area contributed by atoms with E-state index >= 15 is 0 Å². The average Bonchev–Trinajstić information content (AvgIpc) is 1.98. The number of likely N-dealkylation sites (N-methyl/N-ethyl adjacent to an activating group) is 1. The van der Waals surface area contributed by atoms with Crippen LogP contribution in [0.25, 0.3) is 0 Å². The molecule has 0 heterocycles. The molecule has 0 saturated heterocycles. The number of carbonyl (C=O) groups excluding carboxylic acids is 2. The first kappa shape index (κ1) is 12.1. The summed E-state index contributed by atoms with van der Waals surface area (Å²) in [7, 11) is 1.67. The zero-order valence-electron chi connectivity index (χ0n) is 9.34. The monoisotopic (exact) mass is 185 g/mol. The van der Waals surface area contributed by atoms with Gasteiger partial charge in [0, 0.05) is 12.5 Å². The van der Waals surface area contributed by atoms with E-state index in [0.717, 1.165) is 0 Å². The highest BCUT2D eigenvalue weighted by atomic mass is 16.2. The summed E-state index contributed by atoms with van der Waals surface area (Å²) >= 11 is 0. The Labute approximate surface area is 80.1 Å². The summed E-state index contributed by atoms with van der Waals surface area (Å²) in [6, 6.07) is -0.327. The summed E-state index contributed by atoms with van der Waals surface area (Å²) in [4.78, 5) is 24.2. The molecule has 0 fully saturated rings. The van der Waals surface area contributed by atoms with Crippen molar-refractivity contribution >= 4 is 11.7 Å². The van der Waals surface area contributed by atoms with Crippen molar-refractivity contribution in [3.05, 3.63) is 0 Å². The summed E-state index contributed by atoms with van der Waals surface area (Å²) in [5.74, 6) is 0.00954. The highest BCUT2D eigenvalue weighted by molar-refractivity contribution is 5.89. The Hall–Kier alpha value is -0.860. The number of hydrogen-bond acceptors (Lipinski definition) is 2. The van der Waals surface area contributed by atoms with Gasteiger partial charge in [0.1, 0.15) is 0 Å². The molecule has 0 bridgehead atoms. The Morgan fingerprint density at radius 2 is 1.62 bits per heavy atom.